The van der Waals surface area contributed by atoms with Crippen LogP contribution in [0.2, 0.25) is 0 Å². The van der Waals surface area contributed by atoms with Gasteiger partial charge in [0.25, 0.3) is 0 Å². The van der Waals surface area contributed by atoms with Crippen molar-refractivity contribution in [3.8, 4) is 5.75 Å². The molecule has 2 aromatic carbocycles. The van der Waals surface area contributed by atoms with E-state index in [4.69, 9.17) is 4.74 Å². The number of aryl methyl sites for hydroxylation is 1. The van der Waals surface area contributed by atoms with E-state index in [0.717, 1.165) is 17.7 Å². The molecule has 4 heteroatoms. The van der Waals surface area contributed by atoms with Crippen molar-refractivity contribution in [1.82, 2.24) is 0 Å². The molecule has 0 unspecified atom stereocenters. The van der Waals surface area contributed by atoms with E-state index in [1.54, 1.807) is 24.3 Å². The largest absolute Gasteiger partial charge is 0.497 e. The molecule has 0 spiro atoms. The van der Waals surface area contributed by atoms with Crippen molar-refractivity contribution in [2.24, 2.45) is 0 Å². The zero-order chi connectivity index (χ0) is 14.7. The zero-order valence-electron chi connectivity index (χ0n) is 11.2. The number of hydrogen-bond acceptors (Lipinski definition) is 2. The molecule has 0 bridgehead atoms. The number of benzene rings is 2. The molecule has 2 aromatic rings. The molecule has 0 aliphatic rings. The van der Waals surface area contributed by atoms with Crippen LogP contribution in [-0.2, 0) is 6.42 Å². The Balaban J connectivity index is 2.54. The molecule has 2 rings (SSSR count). The number of rotatable bonds is 4. The molecule has 0 atom stereocenters. The molecule has 0 radical (unpaired) electrons. The van der Waals surface area contributed by atoms with Gasteiger partial charge in [-0.3, -0.25) is 4.79 Å². The van der Waals surface area contributed by atoms with E-state index in [9.17, 15) is 13.6 Å². The van der Waals surface area contributed by atoms with Gasteiger partial charge in [-0.2, -0.15) is 0 Å². The lowest BCUT2D eigenvalue weighted by Crippen LogP contribution is -2.10. The first-order valence-electron chi connectivity index (χ1n) is 6.24. The minimum absolute atomic E-state index is 0.0420. The van der Waals surface area contributed by atoms with Crippen LogP contribution >= 0.6 is 0 Å². The van der Waals surface area contributed by atoms with Crippen molar-refractivity contribution < 1.29 is 18.3 Å². The van der Waals surface area contributed by atoms with Crippen molar-refractivity contribution in [3.63, 3.8) is 0 Å². The predicted molar refractivity (Wildman–Crippen MR) is 72.2 cm³/mol. The van der Waals surface area contributed by atoms with Gasteiger partial charge in [-0.25, -0.2) is 8.78 Å². The minimum Gasteiger partial charge on any atom is -0.497 e. The third-order valence-electron chi connectivity index (χ3n) is 3.12. The number of carbonyl (C=O) groups excluding carboxylic acids is 1. The topological polar surface area (TPSA) is 26.3 Å². The second kappa shape index (κ2) is 5.82. The Kier molecular flexibility index (Phi) is 4.13. The molecule has 0 fully saturated rings. The summed E-state index contributed by atoms with van der Waals surface area (Å²) >= 11 is 0. The van der Waals surface area contributed by atoms with Gasteiger partial charge in [0.05, 0.1) is 12.7 Å². The highest BCUT2D eigenvalue weighted by Gasteiger charge is 2.22. The minimum atomic E-state index is -0.919. The van der Waals surface area contributed by atoms with Crippen molar-refractivity contribution in [2.45, 2.75) is 13.3 Å². The van der Waals surface area contributed by atoms with Crippen LogP contribution in [0.1, 0.15) is 28.4 Å². The molecular formula is C16H14F2O2. The Morgan fingerprint density at radius 1 is 1.15 bits per heavy atom. The predicted octanol–water partition coefficient (Wildman–Crippen LogP) is 3.77. The lowest BCUT2D eigenvalue weighted by atomic mass is 9.96. The average Bonchev–Trinajstić information content (AvgIpc) is 2.46. The Hall–Kier alpha value is -2.23. The summed E-state index contributed by atoms with van der Waals surface area (Å²) in [6.07, 6.45) is 0.612. The van der Waals surface area contributed by atoms with Crippen molar-refractivity contribution in [1.29, 1.82) is 0 Å². The van der Waals surface area contributed by atoms with Crippen molar-refractivity contribution in [3.05, 3.63) is 64.7 Å². The highest BCUT2D eigenvalue weighted by molar-refractivity contribution is 6.10. The maximum absolute atomic E-state index is 13.9. The Bertz CT molecular complexity index is 628. The summed E-state index contributed by atoms with van der Waals surface area (Å²) in [4.78, 5) is 12.3. The van der Waals surface area contributed by atoms with Gasteiger partial charge in [0.1, 0.15) is 17.4 Å². The molecule has 0 aliphatic heterocycles. The summed E-state index contributed by atoms with van der Waals surface area (Å²) in [5.41, 5.74) is 0.525. The fourth-order valence-electron chi connectivity index (χ4n) is 2.07. The van der Waals surface area contributed by atoms with Crippen molar-refractivity contribution >= 4 is 5.78 Å². The van der Waals surface area contributed by atoms with Gasteiger partial charge < -0.3 is 4.74 Å². The summed E-state index contributed by atoms with van der Waals surface area (Å²) < 4.78 is 32.6. The first-order chi connectivity index (χ1) is 9.58. The van der Waals surface area contributed by atoms with Gasteiger partial charge in [0.15, 0.2) is 5.78 Å². The van der Waals surface area contributed by atoms with E-state index >= 15 is 0 Å². The fraction of sp³-hybridized carbons (Fsp3) is 0.188. The molecule has 0 saturated heterocycles. The number of methoxy groups -OCH3 is 1. The van der Waals surface area contributed by atoms with E-state index in [1.165, 1.54) is 7.11 Å². The lowest BCUT2D eigenvalue weighted by molar-refractivity contribution is 0.103. The van der Waals surface area contributed by atoms with Crippen LogP contribution in [0.5, 0.6) is 5.75 Å². The van der Waals surface area contributed by atoms with Gasteiger partial charge in [-0.15, -0.1) is 0 Å². The third kappa shape index (κ3) is 2.54. The maximum Gasteiger partial charge on any atom is 0.199 e. The average molecular weight is 276 g/mol. The molecule has 2 nitrogen and oxygen atoms in total. The van der Waals surface area contributed by atoms with Crippen LogP contribution in [0.15, 0.2) is 36.4 Å². The fourth-order valence-corrected chi connectivity index (χ4v) is 2.07. The molecule has 104 valence electrons. The third-order valence-corrected chi connectivity index (χ3v) is 3.12. The highest BCUT2D eigenvalue weighted by Crippen LogP contribution is 2.24. The lowest BCUT2D eigenvalue weighted by Gasteiger charge is -2.09. The van der Waals surface area contributed by atoms with E-state index in [-0.39, 0.29) is 5.75 Å². The number of carbonyl (C=O) groups is 1. The van der Waals surface area contributed by atoms with Gasteiger partial charge in [0.2, 0.25) is 0 Å². The molecule has 0 heterocycles. The monoisotopic (exact) mass is 276 g/mol. The smallest absolute Gasteiger partial charge is 0.199 e. The summed E-state index contributed by atoms with van der Waals surface area (Å²) in [7, 11) is 1.31. The summed E-state index contributed by atoms with van der Waals surface area (Å²) in [5.74, 6) is -2.45. The quantitative estimate of drug-likeness (QED) is 0.795. The Morgan fingerprint density at radius 3 is 2.30 bits per heavy atom. The van der Waals surface area contributed by atoms with Gasteiger partial charge >= 0.3 is 0 Å². The first-order valence-corrected chi connectivity index (χ1v) is 6.24. The van der Waals surface area contributed by atoms with E-state index < -0.39 is 23.0 Å². The second-order valence-corrected chi connectivity index (χ2v) is 4.31. The van der Waals surface area contributed by atoms with Gasteiger partial charge in [-0.05, 0) is 12.0 Å². The van der Waals surface area contributed by atoms with Gasteiger partial charge in [-0.1, -0.05) is 31.2 Å². The van der Waals surface area contributed by atoms with Crippen LogP contribution in [0.25, 0.3) is 0 Å². The SMILES string of the molecule is CCc1ccccc1C(=O)c1c(F)cc(OC)cc1F. The number of ketones is 1. The van der Waals surface area contributed by atoms with E-state index in [2.05, 4.69) is 0 Å². The molecule has 0 N–H and O–H groups in total. The number of halogens is 2. The summed E-state index contributed by atoms with van der Waals surface area (Å²) in [5, 5.41) is 0. The Morgan fingerprint density at radius 2 is 1.75 bits per heavy atom. The molecule has 0 aliphatic carbocycles. The first kappa shape index (κ1) is 14.2. The normalized spacial score (nSPS) is 10.4. The molecule has 0 aromatic heterocycles. The Labute approximate surface area is 116 Å². The summed E-state index contributed by atoms with van der Waals surface area (Å²) in [6.45, 7) is 1.88. The number of hydrogen-bond donors (Lipinski definition) is 0. The van der Waals surface area contributed by atoms with E-state index in [1.807, 2.05) is 6.92 Å². The second-order valence-electron chi connectivity index (χ2n) is 4.31. The summed E-state index contributed by atoms with van der Waals surface area (Å²) in [6, 6.07) is 8.81. The highest BCUT2D eigenvalue weighted by atomic mass is 19.1. The maximum atomic E-state index is 13.9. The molecule has 20 heavy (non-hydrogen) atoms. The van der Waals surface area contributed by atoms with Crippen molar-refractivity contribution in [2.75, 3.05) is 7.11 Å². The zero-order valence-corrected chi connectivity index (χ0v) is 11.2. The number of ether oxygens (including phenoxy) is 1. The van der Waals surface area contributed by atoms with Crippen LogP contribution in [0.4, 0.5) is 8.78 Å². The van der Waals surface area contributed by atoms with Crippen LogP contribution in [0.3, 0.4) is 0 Å². The standard InChI is InChI=1S/C16H14F2O2/c1-3-10-6-4-5-7-12(10)16(19)15-13(17)8-11(20-2)9-14(15)18/h4-9H,3H2,1-2H3. The van der Waals surface area contributed by atoms with Crippen LogP contribution in [0, 0.1) is 11.6 Å². The van der Waals surface area contributed by atoms with Crippen LogP contribution in [-0.4, -0.2) is 12.9 Å². The van der Waals surface area contributed by atoms with Gasteiger partial charge in [0, 0.05) is 17.7 Å². The molecule has 0 saturated carbocycles. The molecular weight excluding hydrogens is 262 g/mol. The molecule has 0 amide bonds. The van der Waals surface area contributed by atoms with E-state index in [0.29, 0.717) is 12.0 Å². The van der Waals surface area contributed by atoms with Crippen LogP contribution < -0.4 is 4.74 Å².